The van der Waals surface area contributed by atoms with E-state index in [2.05, 4.69) is 0 Å². The fraction of sp³-hybridized carbons (Fsp3) is 0.538. The number of benzene rings is 1. The Morgan fingerprint density at radius 1 is 1.41 bits per heavy atom. The molecular formula is C13H17ClO3. The van der Waals surface area contributed by atoms with Gasteiger partial charge in [-0.15, -0.1) is 0 Å². The van der Waals surface area contributed by atoms with Crippen LogP contribution in [-0.2, 0) is 11.8 Å². The summed E-state index contributed by atoms with van der Waals surface area (Å²) in [6.45, 7) is 6.26. The molecule has 0 amide bonds. The highest BCUT2D eigenvalue weighted by atomic mass is 35.5. The van der Waals surface area contributed by atoms with Gasteiger partial charge in [-0.3, -0.25) is 0 Å². The molecule has 3 nitrogen and oxygen atoms in total. The molecule has 0 saturated heterocycles. The smallest absolute Gasteiger partial charge is 0.231 e. The van der Waals surface area contributed by atoms with E-state index in [4.69, 9.17) is 21.1 Å². The van der Waals surface area contributed by atoms with Crippen LogP contribution >= 0.6 is 11.6 Å². The number of rotatable bonds is 3. The van der Waals surface area contributed by atoms with Crippen LogP contribution in [-0.4, -0.2) is 18.5 Å². The molecule has 0 aromatic heterocycles. The lowest BCUT2D eigenvalue weighted by molar-refractivity contribution is 0.173. The van der Waals surface area contributed by atoms with Crippen LogP contribution in [0.3, 0.4) is 0 Å². The molecule has 1 aromatic carbocycles. The van der Waals surface area contributed by atoms with Crippen LogP contribution in [0.5, 0.6) is 11.5 Å². The van der Waals surface area contributed by atoms with Crippen molar-refractivity contribution in [3.63, 3.8) is 0 Å². The van der Waals surface area contributed by atoms with Gasteiger partial charge in [0.05, 0.1) is 6.61 Å². The molecule has 1 aliphatic heterocycles. The quantitative estimate of drug-likeness (QED) is 0.904. The third-order valence-corrected chi connectivity index (χ3v) is 3.44. The van der Waals surface area contributed by atoms with E-state index in [9.17, 15) is 5.11 Å². The second kappa shape index (κ2) is 4.39. The van der Waals surface area contributed by atoms with Crippen molar-refractivity contribution in [2.75, 3.05) is 13.4 Å². The van der Waals surface area contributed by atoms with Gasteiger partial charge in [0.25, 0.3) is 0 Å². The Kier molecular flexibility index (Phi) is 3.23. The lowest BCUT2D eigenvalue weighted by Gasteiger charge is -2.27. The average molecular weight is 257 g/mol. The van der Waals surface area contributed by atoms with Gasteiger partial charge in [0.1, 0.15) is 0 Å². The molecule has 17 heavy (non-hydrogen) atoms. The number of hydrogen-bond acceptors (Lipinski definition) is 3. The molecule has 0 unspecified atom stereocenters. The van der Waals surface area contributed by atoms with Gasteiger partial charge >= 0.3 is 0 Å². The van der Waals surface area contributed by atoms with Crippen LogP contribution in [0.25, 0.3) is 0 Å². The van der Waals surface area contributed by atoms with E-state index in [-0.39, 0.29) is 18.8 Å². The van der Waals surface area contributed by atoms with E-state index in [1.807, 2.05) is 20.8 Å². The summed E-state index contributed by atoms with van der Waals surface area (Å²) in [6.07, 6.45) is 0.797. The number of fused-ring (bicyclic) bond motifs is 1. The van der Waals surface area contributed by atoms with Crippen LogP contribution < -0.4 is 9.47 Å². The number of aliphatic hydroxyl groups excluding tert-OH is 1. The van der Waals surface area contributed by atoms with Crippen molar-refractivity contribution in [3.8, 4) is 11.5 Å². The van der Waals surface area contributed by atoms with Crippen LogP contribution in [0.15, 0.2) is 6.07 Å². The molecule has 1 heterocycles. The molecule has 0 saturated carbocycles. The standard InChI is InChI=1S/C13H17ClO3/c1-4-8-11(13(2,3)6-15)9(14)5-10-12(8)17-7-16-10/h5,15H,4,6-7H2,1-3H3. The van der Waals surface area contributed by atoms with Crippen molar-refractivity contribution in [2.24, 2.45) is 0 Å². The topological polar surface area (TPSA) is 38.7 Å². The zero-order chi connectivity index (χ0) is 12.6. The summed E-state index contributed by atoms with van der Waals surface area (Å²) in [5.41, 5.74) is 1.60. The first-order chi connectivity index (χ1) is 8.01. The van der Waals surface area contributed by atoms with Gasteiger partial charge in [-0.05, 0) is 12.0 Å². The van der Waals surface area contributed by atoms with E-state index in [1.165, 1.54) is 0 Å². The number of hydrogen-bond donors (Lipinski definition) is 1. The van der Waals surface area contributed by atoms with Gasteiger partial charge in [0, 0.05) is 22.1 Å². The van der Waals surface area contributed by atoms with Crippen LogP contribution in [0.2, 0.25) is 5.02 Å². The Hall–Kier alpha value is -0.930. The van der Waals surface area contributed by atoms with Crippen molar-refractivity contribution in [1.82, 2.24) is 0 Å². The van der Waals surface area contributed by atoms with E-state index >= 15 is 0 Å². The van der Waals surface area contributed by atoms with Crippen molar-refractivity contribution in [3.05, 3.63) is 22.2 Å². The molecule has 1 N–H and O–H groups in total. The summed E-state index contributed by atoms with van der Waals surface area (Å²) < 4.78 is 10.8. The molecule has 0 spiro atoms. The molecule has 0 aliphatic carbocycles. The minimum atomic E-state index is -0.386. The maximum absolute atomic E-state index is 9.51. The highest BCUT2D eigenvalue weighted by Crippen LogP contribution is 2.45. The summed E-state index contributed by atoms with van der Waals surface area (Å²) in [5.74, 6) is 1.47. The number of aliphatic hydroxyl groups is 1. The highest BCUT2D eigenvalue weighted by molar-refractivity contribution is 6.31. The van der Waals surface area contributed by atoms with Crippen molar-refractivity contribution < 1.29 is 14.6 Å². The average Bonchev–Trinajstić information content (AvgIpc) is 2.74. The predicted molar refractivity (Wildman–Crippen MR) is 67.1 cm³/mol. The SMILES string of the molecule is CCc1c2c(cc(Cl)c1C(C)(C)CO)OCO2. The van der Waals surface area contributed by atoms with Gasteiger partial charge in [-0.1, -0.05) is 32.4 Å². The minimum absolute atomic E-state index is 0.0410. The monoisotopic (exact) mass is 256 g/mol. The Labute approximate surface area is 106 Å². The van der Waals surface area contributed by atoms with Crippen LogP contribution in [0, 0.1) is 0 Å². The van der Waals surface area contributed by atoms with Crippen LogP contribution in [0.1, 0.15) is 31.9 Å². The molecule has 1 aromatic rings. The summed E-state index contributed by atoms with van der Waals surface area (Å²) >= 11 is 6.31. The molecule has 4 heteroatoms. The van der Waals surface area contributed by atoms with Gasteiger partial charge in [-0.25, -0.2) is 0 Å². The highest BCUT2D eigenvalue weighted by Gasteiger charge is 2.31. The first-order valence-corrected chi connectivity index (χ1v) is 6.11. The number of ether oxygens (including phenoxy) is 2. The maximum Gasteiger partial charge on any atom is 0.231 e. The summed E-state index contributed by atoms with van der Waals surface area (Å²) in [6, 6.07) is 1.77. The molecular weight excluding hydrogens is 240 g/mol. The first-order valence-electron chi connectivity index (χ1n) is 5.73. The molecule has 2 rings (SSSR count). The van der Waals surface area contributed by atoms with Crippen molar-refractivity contribution in [1.29, 1.82) is 0 Å². The third-order valence-electron chi connectivity index (χ3n) is 3.14. The van der Waals surface area contributed by atoms with E-state index < -0.39 is 0 Å². The molecule has 0 radical (unpaired) electrons. The Morgan fingerprint density at radius 3 is 2.71 bits per heavy atom. The largest absolute Gasteiger partial charge is 0.454 e. The van der Waals surface area contributed by atoms with Gasteiger partial charge < -0.3 is 14.6 Å². The van der Waals surface area contributed by atoms with E-state index in [0.717, 1.165) is 23.3 Å². The zero-order valence-electron chi connectivity index (χ0n) is 10.3. The third kappa shape index (κ3) is 1.98. The molecule has 0 atom stereocenters. The zero-order valence-corrected chi connectivity index (χ0v) is 11.1. The summed E-state index contributed by atoms with van der Waals surface area (Å²) in [4.78, 5) is 0. The Bertz CT molecular complexity index is 441. The van der Waals surface area contributed by atoms with Gasteiger partial charge in [0.2, 0.25) is 6.79 Å². The maximum atomic E-state index is 9.51. The molecule has 94 valence electrons. The predicted octanol–water partition coefficient (Wildman–Crippen LogP) is 2.90. The normalized spacial score (nSPS) is 14.2. The summed E-state index contributed by atoms with van der Waals surface area (Å²) in [7, 11) is 0. The lowest BCUT2D eigenvalue weighted by Crippen LogP contribution is -2.24. The Balaban J connectivity index is 2.67. The fourth-order valence-corrected chi connectivity index (χ4v) is 2.69. The fourth-order valence-electron chi connectivity index (χ4n) is 2.22. The lowest BCUT2D eigenvalue weighted by atomic mass is 9.81. The Morgan fingerprint density at radius 2 is 2.12 bits per heavy atom. The number of halogens is 1. The van der Waals surface area contributed by atoms with E-state index in [1.54, 1.807) is 6.07 Å². The second-order valence-corrected chi connectivity index (χ2v) is 5.25. The van der Waals surface area contributed by atoms with Crippen molar-refractivity contribution in [2.45, 2.75) is 32.6 Å². The van der Waals surface area contributed by atoms with E-state index in [0.29, 0.717) is 10.8 Å². The second-order valence-electron chi connectivity index (χ2n) is 4.84. The first kappa shape index (κ1) is 12.5. The van der Waals surface area contributed by atoms with Gasteiger partial charge in [0.15, 0.2) is 11.5 Å². The molecule has 1 aliphatic rings. The van der Waals surface area contributed by atoms with Crippen molar-refractivity contribution >= 4 is 11.6 Å². The summed E-state index contributed by atoms with van der Waals surface area (Å²) in [5, 5.41) is 10.1. The van der Waals surface area contributed by atoms with Crippen LogP contribution in [0.4, 0.5) is 0 Å². The molecule has 0 bridgehead atoms. The molecule has 0 fully saturated rings. The minimum Gasteiger partial charge on any atom is -0.454 e. The van der Waals surface area contributed by atoms with Gasteiger partial charge in [-0.2, -0.15) is 0 Å².